The van der Waals surface area contributed by atoms with E-state index < -0.39 is 5.97 Å². The second kappa shape index (κ2) is 4.61. The Balaban J connectivity index is 2.60. The van der Waals surface area contributed by atoms with Crippen LogP contribution < -0.4 is 0 Å². The van der Waals surface area contributed by atoms with Crippen LogP contribution in [0.4, 0.5) is 0 Å². The van der Waals surface area contributed by atoms with Crippen LogP contribution in [0, 0.1) is 0 Å². The topological polar surface area (TPSA) is 40.5 Å². The van der Waals surface area contributed by atoms with E-state index in [4.69, 9.17) is 5.11 Å². The Bertz CT molecular complexity index is 182. The van der Waals surface area contributed by atoms with Crippen LogP contribution in [0.25, 0.3) is 0 Å². The van der Waals surface area contributed by atoms with Gasteiger partial charge in [0, 0.05) is 6.04 Å². The number of likely N-dealkylation sites (tertiary alicyclic amines) is 1. The highest BCUT2D eigenvalue weighted by Gasteiger charge is 2.29. The number of carboxylic acids is 1. The molecule has 1 aliphatic heterocycles. The monoisotopic (exact) mass is 185 g/mol. The van der Waals surface area contributed by atoms with E-state index in [1.807, 2.05) is 6.92 Å². The Morgan fingerprint density at radius 3 is 2.77 bits per heavy atom. The smallest absolute Gasteiger partial charge is 0.320 e. The molecule has 2 atom stereocenters. The SMILES string of the molecule is CC[C@@H](C(=O)O)N1CCCC[C@H]1C. The first kappa shape index (κ1) is 10.5. The maximum absolute atomic E-state index is 10.9. The summed E-state index contributed by atoms with van der Waals surface area (Å²) in [5.74, 6) is -0.670. The molecule has 0 radical (unpaired) electrons. The number of carbonyl (C=O) groups is 1. The average molecular weight is 185 g/mol. The number of aliphatic carboxylic acids is 1. The lowest BCUT2D eigenvalue weighted by molar-refractivity contribution is -0.145. The van der Waals surface area contributed by atoms with Crippen molar-refractivity contribution in [2.45, 2.75) is 51.6 Å². The van der Waals surface area contributed by atoms with Crippen LogP contribution in [-0.4, -0.2) is 34.6 Å². The second-order valence-corrected chi connectivity index (χ2v) is 3.84. The molecule has 1 fully saturated rings. The van der Waals surface area contributed by atoms with Gasteiger partial charge in [-0.15, -0.1) is 0 Å². The predicted molar refractivity (Wildman–Crippen MR) is 51.7 cm³/mol. The van der Waals surface area contributed by atoms with Crippen LogP contribution in [0.1, 0.15) is 39.5 Å². The van der Waals surface area contributed by atoms with Crippen molar-refractivity contribution < 1.29 is 9.90 Å². The molecular formula is C10H19NO2. The van der Waals surface area contributed by atoms with Gasteiger partial charge < -0.3 is 5.11 Å². The first-order valence-electron chi connectivity index (χ1n) is 5.15. The first-order chi connectivity index (χ1) is 6.16. The Morgan fingerprint density at radius 1 is 1.62 bits per heavy atom. The Labute approximate surface area is 79.7 Å². The summed E-state index contributed by atoms with van der Waals surface area (Å²) in [4.78, 5) is 13.1. The summed E-state index contributed by atoms with van der Waals surface area (Å²) in [7, 11) is 0. The zero-order chi connectivity index (χ0) is 9.84. The lowest BCUT2D eigenvalue weighted by Crippen LogP contribution is -2.48. The number of rotatable bonds is 3. The fourth-order valence-electron chi connectivity index (χ4n) is 2.13. The molecule has 1 N–H and O–H groups in total. The third kappa shape index (κ3) is 2.44. The van der Waals surface area contributed by atoms with Crippen molar-refractivity contribution in [2.75, 3.05) is 6.54 Å². The Morgan fingerprint density at radius 2 is 2.31 bits per heavy atom. The number of hydrogen-bond acceptors (Lipinski definition) is 2. The first-order valence-corrected chi connectivity index (χ1v) is 5.15. The van der Waals surface area contributed by atoms with E-state index in [0.717, 1.165) is 19.4 Å². The number of carboxylic acid groups (broad SMARTS) is 1. The van der Waals surface area contributed by atoms with Crippen molar-refractivity contribution in [1.29, 1.82) is 0 Å². The zero-order valence-electron chi connectivity index (χ0n) is 8.49. The van der Waals surface area contributed by atoms with Crippen molar-refractivity contribution >= 4 is 5.97 Å². The second-order valence-electron chi connectivity index (χ2n) is 3.84. The van der Waals surface area contributed by atoms with Gasteiger partial charge in [0.15, 0.2) is 0 Å². The van der Waals surface area contributed by atoms with Gasteiger partial charge in [-0.1, -0.05) is 13.3 Å². The van der Waals surface area contributed by atoms with E-state index >= 15 is 0 Å². The summed E-state index contributed by atoms with van der Waals surface area (Å²) < 4.78 is 0. The summed E-state index contributed by atoms with van der Waals surface area (Å²) in [6.45, 7) is 5.02. The molecule has 0 amide bonds. The fourth-order valence-corrected chi connectivity index (χ4v) is 2.13. The molecule has 3 heteroatoms. The van der Waals surface area contributed by atoms with Gasteiger partial charge in [0.2, 0.25) is 0 Å². The van der Waals surface area contributed by atoms with Crippen LogP contribution >= 0.6 is 0 Å². The van der Waals surface area contributed by atoms with E-state index in [1.54, 1.807) is 0 Å². The van der Waals surface area contributed by atoms with Crippen LogP contribution in [0.2, 0.25) is 0 Å². The van der Waals surface area contributed by atoms with Crippen molar-refractivity contribution in [3.63, 3.8) is 0 Å². The zero-order valence-corrected chi connectivity index (χ0v) is 8.49. The molecule has 0 aromatic heterocycles. The summed E-state index contributed by atoms with van der Waals surface area (Å²) in [5, 5.41) is 9.00. The molecule has 0 bridgehead atoms. The molecule has 0 saturated carbocycles. The highest BCUT2D eigenvalue weighted by Crippen LogP contribution is 2.20. The van der Waals surface area contributed by atoms with Crippen molar-refractivity contribution in [3.05, 3.63) is 0 Å². The highest BCUT2D eigenvalue weighted by molar-refractivity contribution is 5.73. The van der Waals surface area contributed by atoms with Crippen LogP contribution in [0.3, 0.4) is 0 Å². The molecule has 0 aromatic rings. The third-order valence-electron chi connectivity index (χ3n) is 2.93. The van der Waals surface area contributed by atoms with E-state index in [-0.39, 0.29) is 6.04 Å². The lowest BCUT2D eigenvalue weighted by atomic mass is 10.0. The lowest BCUT2D eigenvalue weighted by Gasteiger charge is -2.37. The van der Waals surface area contributed by atoms with Crippen molar-refractivity contribution in [2.24, 2.45) is 0 Å². The van der Waals surface area contributed by atoms with Crippen molar-refractivity contribution in [3.8, 4) is 0 Å². The fraction of sp³-hybridized carbons (Fsp3) is 0.900. The van der Waals surface area contributed by atoms with Crippen LogP contribution in [-0.2, 0) is 4.79 Å². The third-order valence-corrected chi connectivity index (χ3v) is 2.93. The van der Waals surface area contributed by atoms with Gasteiger partial charge in [-0.25, -0.2) is 0 Å². The van der Waals surface area contributed by atoms with Crippen LogP contribution in [0.15, 0.2) is 0 Å². The number of piperidine rings is 1. The van der Waals surface area contributed by atoms with E-state index in [9.17, 15) is 4.79 Å². The number of hydrogen-bond donors (Lipinski definition) is 1. The van der Waals surface area contributed by atoms with Gasteiger partial charge in [0.05, 0.1) is 0 Å². The molecular weight excluding hydrogens is 166 g/mol. The minimum Gasteiger partial charge on any atom is -0.480 e. The highest BCUT2D eigenvalue weighted by atomic mass is 16.4. The minimum atomic E-state index is -0.670. The molecule has 76 valence electrons. The summed E-state index contributed by atoms with van der Waals surface area (Å²) in [6.07, 6.45) is 4.24. The van der Waals surface area contributed by atoms with E-state index in [1.165, 1.54) is 6.42 Å². The van der Waals surface area contributed by atoms with Gasteiger partial charge in [-0.05, 0) is 32.7 Å². The summed E-state index contributed by atoms with van der Waals surface area (Å²) >= 11 is 0. The Hall–Kier alpha value is -0.570. The van der Waals surface area contributed by atoms with Gasteiger partial charge >= 0.3 is 5.97 Å². The van der Waals surface area contributed by atoms with Crippen molar-refractivity contribution in [1.82, 2.24) is 4.90 Å². The predicted octanol–water partition coefficient (Wildman–Crippen LogP) is 1.72. The molecule has 1 rings (SSSR count). The van der Waals surface area contributed by atoms with Crippen LogP contribution in [0.5, 0.6) is 0 Å². The molecule has 1 saturated heterocycles. The average Bonchev–Trinajstić information content (AvgIpc) is 2.09. The molecule has 1 heterocycles. The standard InChI is InChI=1S/C10H19NO2/c1-3-9(10(12)13)11-7-5-4-6-8(11)2/h8-9H,3-7H2,1-2H3,(H,12,13)/t8-,9+/m1/s1. The summed E-state index contributed by atoms with van der Waals surface area (Å²) in [5.41, 5.74) is 0. The molecule has 0 unspecified atom stereocenters. The molecule has 1 aliphatic rings. The molecule has 0 aromatic carbocycles. The van der Waals surface area contributed by atoms with E-state index in [2.05, 4.69) is 11.8 Å². The van der Waals surface area contributed by atoms with E-state index in [0.29, 0.717) is 12.5 Å². The quantitative estimate of drug-likeness (QED) is 0.728. The molecule has 3 nitrogen and oxygen atoms in total. The maximum Gasteiger partial charge on any atom is 0.320 e. The van der Waals surface area contributed by atoms with Gasteiger partial charge in [0.25, 0.3) is 0 Å². The maximum atomic E-state index is 10.9. The Kier molecular flexibility index (Phi) is 3.72. The minimum absolute atomic E-state index is 0.268. The van der Waals surface area contributed by atoms with Gasteiger partial charge in [0.1, 0.15) is 6.04 Å². The van der Waals surface area contributed by atoms with Gasteiger partial charge in [-0.2, -0.15) is 0 Å². The largest absolute Gasteiger partial charge is 0.480 e. The van der Waals surface area contributed by atoms with Gasteiger partial charge in [-0.3, -0.25) is 9.69 Å². The molecule has 0 spiro atoms. The molecule has 13 heavy (non-hydrogen) atoms. The summed E-state index contributed by atoms with van der Waals surface area (Å²) in [6, 6.07) is 0.171. The molecule has 0 aliphatic carbocycles. The normalized spacial score (nSPS) is 27.1. The number of nitrogens with zero attached hydrogens (tertiary/aromatic N) is 1.